The number of ether oxygens (including phenoxy) is 2. The van der Waals surface area contributed by atoms with Crippen LogP contribution in [0.3, 0.4) is 0 Å². The van der Waals surface area contributed by atoms with E-state index in [1.54, 1.807) is 34.2 Å². The number of benzene rings is 1. The van der Waals surface area contributed by atoms with Crippen molar-refractivity contribution in [1.29, 1.82) is 0 Å². The third kappa shape index (κ3) is 5.80. The molecule has 2 N–H and O–H groups in total. The maximum absolute atomic E-state index is 13.0. The molecule has 5 rings (SSSR count). The molecule has 39 heavy (non-hydrogen) atoms. The summed E-state index contributed by atoms with van der Waals surface area (Å²) in [6.45, 7) is 9.16. The molecule has 1 saturated heterocycles. The zero-order valence-electron chi connectivity index (χ0n) is 22.9. The maximum atomic E-state index is 13.0. The van der Waals surface area contributed by atoms with Crippen LogP contribution in [0.2, 0.25) is 0 Å². The van der Waals surface area contributed by atoms with Crippen molar-refractivity contribution in [2.45, 2.75) is 65.1 Å². The van der Waals surface area contributed by atoms with E-state index in [4.69, 9.17) is 9.47 Å². The maximum Gasteiger partial charge on any atom is 0.413 e. The van der Waals surface area contributed by atoms with E-state index in [0.717, 1.165) is 47.3 Å². The van der Waals surface area contributed by atoms with Crippen LogP contribution in [0.5, 0.6) is 5.75 Å². The van der Waals surface area contributed by atoms with Gasteiger partial charge in [0.2, 0.25) is 5.91 Å². The summed E-state index contributed by atoms with van der Waals surface area (Å²) in [4.78, 5) is 40.8. The smallest absolute Gasteiger partial charge is 0.413 e. The molecule has 208 valence electrons. The molecule has 3 aromatic rings. The van der Waals surface area contributed by atoms with Crippen molar-refractivity contribution in [3.05, 3.63) is 34.8 Å². The van der Waals surface area contributed by atoms with Crippen molar-refractivity contribution in [3.63, 3.8) is 0 Å². The van der Waals surface area contributed by atoms with Gasteiger partial charge in [-0.05, 0) is 59.1 Å². The SMILES string of the molecule is COc1ccc(Br)c(Cn2cnc3c(NC(=O)OC(C)(C)C)ncnc32)c1N1CCC(C)(C(=O)NC2CC2)C1. The van der Waals surface area contributed by atoms with E-state index in [0.29, 0.717) is 30.3 Å². The Morgan fingerprint density at radius 2 is 1.97 bits per heavy atom. The molecule has 1 aromatic carbocycles. The van der Waals surface area contributed by atoms with Crippen LogP contribution in [0.15, 0.2) is 29.3 Å². The lowest BCUT2D eigenvalue weighted by molar-refractivity contribution is -0.129. The molecule has 0 bridgehead atoms. The molecule has 11 nitrogen and oxygen atoms in total. The monoisotopic (exact) mass is 599 g/mol. The van der Waals surface area contributed by atoms with Gasteiger partial charge in [0, 0.05) is 29.2 Å². The summed E-state index contributed by atoms with van der Waals surface area (Å²) in [5.41, 5.74) is 1.79. The first-order chi connectivity index (χ1) is 18.5. The highest BCUT2D eigenvalue weighted by atomic mass is 79.9. The third-order valence-corrected chi connectivity index (χ3v) is 7.75. The Bertz CT molecular complexity index is 1420. The molecule has 2 amide bonds. The van der Waals surface area contributed by atoms with Crippen LogP contribution in [-0.4, -0.2) is 63.4 Å². The van der Waals surface area contributed by atoms with Gasteiger partial charge >= 0.3 is 6.09 Å². The predicted octanol–water partition coefficient (Wildman–Crippen LogP) is 4.49. The van der Waals surface area contributed by atoms with E-state index in [1.807, 2.05) is 23.6 Å². The number of carbonyl (C=O) groups excluding carboxylic acids is 2. The zero-order valence-corrected chi connectivity index (χ0v) is 24.5. The quantitative estimate of drug-likeness (QED) is 0.407. The van der Waals surface area contributed by atoms with E-state index in [9.17, 15) is 9.59 Å². The fraction of sp³-hybridized carbons (Fsp3) is 0.519. The lowest BCUT2D eigenvalue weighted by Gasteiger charge is -2.28. The van der Waals surface area contributed by atoms with Crippen LogP contribution >= 0.6 is 15.9 Å². The van der Waals surface area contributed by atoms with Crippen molar-refractivity contribution in [2.24, 2.45) is 5.41 Å². The Morgan fingerprint density at radius 1 is 1.21 bits per heavy atom. The van der Waals surface area contributed by atoms with Crippen LogP contribution in [0, 0.1) is 5.41 Å². The molecule has 1 unspecified atom stereocenters. The highest BCUT2D eigenvalue weighted by Gasteiger charge is 2.43. The number of anilines is 2. The van der Waals surface area contributed by atoms with Crippen molar-refractivity contribution in [3.8, 4) is 5.75 Å². The Labute approximate surface area is 235 Å². The number of methoxy groups -OCH3 is 1. The minimum atomic E-state index is -0.644. The number of nitrogens with one attached hydrogen (secondary N) is 2. The number of aromatic nitrogens is 4. The molecular weight excluding hydrogens is 566 g/mol. The van der Waals surface area contributed by atoms with Gasteiger partial charge in [-0.1, -0.05) is 15.9 Å². The Morgan fingerprint density at radius 3 is 2.67 bits per heavy atom. The summed E-state index contributed by atoms with van der Waals surface area (Å²) in [6, 6.07) is 4.21. The number of amides is 2. The third-order valence-electron chi connectivity index (χ3n) is 7.01. The summed E-state index contributed by atoms with van der Waals surface area (Å²) in [7, 11) is 1.65. The fourth-order valence-electron chi connectivity index (χ4n) is 4.84. The average molecular weight is 601 g/mol. The van der Waals surface area contributed by atoms with Gasteiger partial charge in [0.05, 0.1) is 31.1 Å². The first-order valence-corrected chi connectivity index (χ1v) is 13.8. The molecule has 0 radical (unpaired) electrons. The van der Waals surface area contributed by atoms with Gasteiger partial charge < -0.3 is 24.3 Å². The highest BCUT2D eigenvalue weighted by Crippen LogP contribution is 2.43. The minimum Gasteiger partial charge on any atom is -0.495 e. The molecule has 2 aromatic heterocycles. The molecule has 1 atom stereocenters. The Kier molecular flexibility index (Phi) is 7.17. The summed E-state index contributed by atoms with van der Waals surface area (Å²) in [5.74, 6) is 1.12. The summed E-state index contributed by atoms with van der Waals surface area (Å²) in [6.07, 6.45) is 5.32. The first kappa shape index (κ1) is 27.2. The largest absolute Gasteiger partial charge is 0.495 e. The molecule has 2 aliphatic rings. The van der Waals surface area contributed by atoms with Gasteiger partial charge in [0.1, 0.15) is 17.7 Å². The number of fused-ring (bicyclic) bond motifs is 1. The second kappa shape index (κ2) is 10.3. The van der Waals surface area contributed by atoms with Gasteiger partial charge in [0.25, 0.3) is 0 Å². The van der Waals surface area contributed by atoms with Gasteiger partial charge in [-0.3, -0.25) is 10.1 Å². The number of rotatable bonds is 7. The van der Waals surface area contributed by atoms with Crippen LogP contribution < -0.4 is 20.3 Å². The summed E-state index contributed by atoms with van der Waals surface area (Å²) in [5, 5.41) is 5.86. The normalized spacial score (nSPS) is 19.3. The molecule has 12 heteroatoms. The molecule has 1 aliphatic heterocycles. The minimum absolute atomic E-state index is 0.116. The van der Waals surface area contributed by atoms with Crippen molar-refractivity contribution in [1.82, 2.24) is 24.8 Å². The molecule has 0 spiro atoms. The number of hydrogen-bond acceptors (Lipinski definition) is 8. The van der Waals surface area contributed by atoms with Gasteiger partial charge in [-0.25, -0.2) is 19.7 Å². The van der Waals surface area contributed by atoms with Crippen LogP contribution in [0.4, 0.5) is 16.3 Å². The number of nitrogens with zero attached hydrogens (tertiary/aromatic N) is 5. The fourth-order valence-corrected chi connectivity index (χ4v) is 5.28. The summed E-state index contributed by atoms with van der Waals surface area (Å²) >= 11 is 3.74. The van der Waals surface area contributed by atoms with Crippen molar-refractivity contribution >= 4 is 50.6 Å². The second-order valence-corrected chi connectivity index (χ2v) is 12.3. The first-order valence-electron chi connectivity index (χ1n) is 13.0. The molecule has 2 fully saturated rings. The number of halogens is 1. The van der Waals surface area contributed by atoms with Gasteiger partial charge in [-0.15, -0.1) is 0 Å². The Hall–Kier alpha value is -3.41. The predicted molar refractivity (Wildman–Crippen MR) is 151 cm³/mol. The molecule has 1 aliphatic carbocycles. The van der Waals surface area contributed by atoms with Crippen LogP contribution in [-0.2, 0) is 16.1 Å². The lowest BCUT2D eigenvalue weighted by atomic mass is 9.88. The topological polar surface area (TPSA) is 124 Å². The standard InChI is InChI=1S/C27H34BrN7O4/c1-26(2,3)39-25(37)33-22-20-23(30-14-29-22)35(15-31-20)12-17-18(28)8-9-19(38-5)21(17)34-11-10-27(4,13-34)24(36)32-16-6-7-16/h8-9,14-16H,6-7,10-13H2,1-5H3,(H,32,36)(H,29,30,33,37). The van der Waals surface area contributed by atoms with E-state index in [-0.39, 0.29) is 11.7 Å². The van der Waals surface area contributed by atoms with Crippen LogP contribution in [0.25, 0.3) is 11.2 Å². The van der Waals surface area contributed by atoms with Gasteiger partial charge in [-0.2, -0.15) is 0 Å². The summed E-state index contributed by atoms with van der Waals surface area (Å²) < 4.78 is 14.0. The molecule has 1 saturated carbocycles. The van der Waals surface area contributed by atoms with E-state index < -0.39 is 17.1 Å². The van der Waals surface area contributed by atoms with E-state index >= 15 is 0 Å². The van der Waals surface area contributed by atoms with Crippen LogP contribution in [0.1, 0.15) is 52.5 Å². The average Bonchev–Trinajstić information content (AvgIpc) is 3.44. The lowest BCUT2D eigenvalue weighted by Crippen LogP contribution is -2.42. The van der Waals surface area contributed by atoms with E-state index in [1.165, 1.54) is 6.33 Å². The van der Waals surface area contributed by atoms with Crippen molar-refractivity contribution < 1.29 is 19.1 Å². The van der Waals surface area contributed by atoms with Gasteiger partial charge in [0.15, 0.2) is 17.0 Å². The Balaban J connectivity index is 1.44. The number of carbonyl (C=O) groups is 2. The molecule has 3 heterocycles. The number of imidazole rings is 1. The zero-order chi connectivity index (χ0) is 27.9. The second-order valence-electron chi connectivity index (χ2n) is 11.5. The highest BCUT2D eigenvalue weighted by molar-refractivity contribution is 9.10. The van der Waals surface area contributed by atoms with E-state index in [2.05, 4.69) is 46.4 Å². The van der Waals surface area contributed by atoms with Crippen molar-refractivity contribution in [2.75, 3.05) is 30.4 Å². The molecular formula is C27H34BrN7O4. The number of hydrogen-bond donors (Lipinski definition) is 2.